The highest BCUT2D eigenvalue weighted by Crippen LogP contribution is 2.31. The van der Waals surface area contributed by atoms with Crippen molar-refractivity contribution in [2.24, 2.45) is 0 Å². The van der Waals surface area contributed by atoms with Crippen molar-refractivity contribution < 1.29 is 14.3 Å². The number of hydrogen-bond donors (Lipinski definition) is 0. The molecule has 5 nitrogen and oxygen atoms in total. The fourth-order valence-corrected chi connectivity index (χ4v) is 1.90. The van der Waals surface area contributed by atoms with Crippen molar-refractivity contribution in [2.45, 2.75) is 20.0 Å². The number of benzene rings is 1. The van der Waals surface area contributed by atoms with E-state index < -0.39 is 0 Å². The molecule has 0 saturated carbocycles. The third-order valence-corrected chi connectivity index (χ3v) is 2.89. The SMILES string of the molecule is CC(C)Oc1ncc(Oc2ccc(C=O)cc2C#N)cc1Cl. The highest BCUT2D eigenvalue weighted by atomic mass is 35.5. The van der Waals surface area contributed by atoms with Crippen LogP contribution in [-0.2, 0) is 0 Å². The van der Waals surface area contributed by atoms with Gasteiger partial charge in [0.1, 0.15) is 28.9 Å². The number of halogens is 1. The van der Waals surface area contributed by atoms with E-state index in [2.05, 4.69) is 4.98 Å². The molecule has 0 aliphatic carbocycles. The zero-order chi connectivity index (χ0) is 16.1. The Balaban J connectivity index is 2.26. The van der Waals surface area contributed by atoms with Gasteiger partial charge in [0.05, 0.1) is 17.9 Å². The summed E-state index contributed by atoms with van der Waals surface area (Å²) in [6, 6.07) is 8.10. The van der Waals surface area contributed by atoms with Crippen molar-refractivity contribution in [2.75, 3.05) is 0 Å². The number of hydrogen-bond acceptors (Lipinski definition) is 5. The largest absolute Gasteiger partial charge is 0.474 e. The van der Waals surface area contributed by atoms with Gasteiger partial charge in [-0.05, 0) is 32.0 Å². The number of aromatic nitrogens is 1. The van der Waals surface area contributed by atoms with Crippen molar-refractivity contribution >= 4 is 17.9 Å². The Labute approximate surface area is 133 Å². The highest BCUT2D eigenvalue weighted by Gasteiger charge is 2.10. The predicted molar refractivity (Wildman–Crippen MR) is 81.6 cm³/mol. The minimum absolute atomic E-state index is 0.0437. The Kier molecular flexibility index (Phi) is 4.97. The normalized spacial score (nSPS) is 10.1. The van der Waals surface area contributed by atoms with E-state index in [1.807, 2.05) is 19.9 Å². The lowest BCUT2D eigenvalue weighted by molar-refractivity contribution is 0.112. The molecule has 0 amide bonds. The summed E-state index contributed by atoms with van der Waals surface area (Å²) in [5.41, 5.74) is 0.656. The first-order valence-corrected chi connectivity index (χ1v) is 6.90. The molecular weight excluding hydrogens is 304 g/mol. The van der Waals surface area contributed by atoms with E-state index in [4.69, 9.17) is 26.3 Å². The van der Waals surface area contributed by atoms with Crippen LogP contribution in [0.4, 0.5) is 0 Å². The summed E-state index contributed by atoms with van der Waals surface area (Å²) in [6.45, 7) is 3.74. The van der Waals surface area contributed by atoms with Crippen molar-refractivity contribution in [1.82, 2.24) is 4.98 Å². The molecule has 0 unspecified atom stereocenters. The smallest absolute Gasteiger partial charge is 0.233 e. The molecule has 2 rings (SSSR count). The Morgan fingerprint density at radius 3 is 2.73 bits per heavy atom. The van der Waals surface area contributed by atoms with Crippen LogP contribution in [0.3, 0.4) is 0 Å². The molecule has 2 aromatic rings. The molecule has 1 aromatic heterocycles. The van der Waals surface area contributed by atoms with E-state index >= 15 is 0 Å². The van der Waals surface area contributed by atoms with Gasteiger partial charge in [0.2, 0.25) is 5.88 Å². The second-order valence-corrected chi connectivity index (χ2v) is 5.12. The van der Waals surface area contributed by atoms with Crippen molar-refractivity contribution in [3.8, 4) is 23.4 Å². The van der Waals surface area contributed by atoms with E-state index in [9.17, 15) is 4.79 Å². The lowest BCUT2D eigenvalue weighted by atomic mass is 10.1. The summed E-state index contributed by atoms with van der Waals surface area (Å²) < 4.78 is 11.0. The van der Waals surface area contributed by atoms with Gasteiger partial charge in [-0.15, -0.1) is 0 Å². The van der Waals surface area contributed by atoms with Gasteiger partial charge in [0.15, 0.2) is 0 Å². The highest BCUT2D eigenvalue weighted by molar-refractivity contribution is 6.31. The predicted octanol–water partition coefficient (Wildman–Crippen LogP) is 4.00. The molecule has 1 heterocycles. The molecule has 6 heteroatoms. The topological polar surface area (TPSA) is 72.2 Å². The van der Waals surface area contributed by atoms with Gasteiger partial charge in [0.25, 0.3) is 0 Å². The molecule has 0 spiro atoms. The number of carbonyl (C=O) groups excluding carboxylic acids is 1. The van der Waals surface area contributed by atoms with E-state index in [1.54, 1.807) is 18.2 Å². The van der Waals surface area contributed by atoms with Crippen LogP contribution < -0.4 is 9.47 Å². The van der Waals surface area contributed by atoms with Crippen molar-refractivity contribution in [3.05, 3.63) is 46.6 Å². The maximum Gasteiger partial charge on any atom is 0.233 e. The maximum atomic E-state index is 10.7. The van der Waals surface area contributed by atoms with Crippen molar-refractivity contribution in [3.63, 3.8) is 0 Å². The quantitative estimate of drug-likeness (QED) is 0.780. The van der Waals surface area contributed by atoms with Crippen LogP contribution >= 0.6 is 11.6 Å². The molecule has 0 saturated heterocycles. The number of carbonyl (C=O) groups is 1. The van der Waals surface area contributed by atoms with E-state index in [0.717, 1.165) is 0 Å². The lowest BCUT2D eigenvalue weighted by Gasteiger charge is -2.12. The molecule has 1 aromatic carbocycles. The number of ether oxygens (including phenoxy) is 2. The molecule has 0 N–H and O–H groups in total. The van der Waals surface area contributed by atoms with E-state index in [-0.39, 0.29) is 11.7 Å². The average molecular weight is 317 g/mol. The van der Waals surface area contributed by atoms with Crippen LogP contribution in [0.25, 0.3) is 0 Å². The van der Waals surface area contributed by atoms with Gasteiger partial charge in [-0.3, -0.25) is 4.79 Å². The summed E-state index contributed by atoms with van der Waals surface area (Å²) in [5.74, 6) is 1.01. The summed E-state index contributed by atoms with van der Waals surface area (Å²) in [4.78, 5) is 14.8. The molecule has 112 valence electrons. The van der Waals surface area contributed by atoms with Crippen LogP contribution in [-0.4, -0.2) is 17.4 Å². The monoisotopic (exact) mass is 316 g/mol. The Hall–Kier alpha value is -2.58. The second kappa shape index (κ2) is 6.92. The zero-order valence-corrected chi connectivity index (χ0v) is 12.8. The molecule has 0 fully saturated rings. The minimum Gasteiger partial charge on any atom is -0.474 e. The number of rotatable bonds is 5. The first-order chi connectivity index (χ1) is 10.5. The van der Waals surface area contributed by atoms with Gasteiger partial charge in [-0.25, -0.2) is 4.98 Å². The fourth-order valence-electron chi connectivity index (χ4n) is 1.70. The van der Waals surface area contributed by atoms with Gasteiger partial charge in [-0.2, -0.15) is 5.26 Å². The Morgan fingerprint density at radius 2 is 2.14 bits per heavy atom. The van der Waals surface area contributed by atoms with E-state index in [1.165, 1.54) is 12.3 Å². The zero-order valence-electron chi connectivity index (χ0n) is 12.0. The second-order valence-electron chi connectivity index (χ2n) is 4.71. The summed E-state index contributed by atoms with van der Waals surface area (Å²) in [5, 5.41) is 9.42. The van der Waals surface area contributed by atoms with Gasteiger partial charge in [0, 0.05) is 11.6 Å². The lowest BCUT2D eigenvalue weighted by Crippen LogP contribution is -2.07. The standard InChI is InChI=1S/C16H13ClN2O3/c1-10(2)21-16-14(17)6-13(8-19-16)22-15-4-3-11(9-20)5-12(15)7-18/h3-6,8-10H,1-2H3. The summed E-state index contributed by atoms with van der Waals surface area (Å²) in [6.07, 6.45) is 2.08. The minimum atomic E-state index is -0.0437. The number of aldehydes is 1. The molecule has 22 heavy (non-hydrogen) atoms. The number of pyridine rings is 1. The van der Waals surface area contributed by atoms with Crippen LogP contribution in [0, 0.1) is 11.3 Å². The van der Waals surface area contributed by atoms with Crippen LogP contribution in [0.5, 0.6) is 17.4 Å². The maximum absolute atomic E-state index is 10.7. The molecule has 0 atom stereocenters. The van der Waals surface area contributed by atoms with E-state index in [0.29, 0.717) is 34.3 Å². The third-order valence-electron chi connectivity index (χ3n) is 2.62. The average Bonchev–Trinajstić information content (AvgIpc) is 2.50. The molecule has 0 bridgehead atoms. The molecular formula is C16H13ClN2O3. The Morgan fingerprint density at radius 1 is 1.36 bits per heavy atom. The molecule has 0 aliphatic heterocycles. The summed E-state index contributed by atoms with van der Waals surface area (Å²) in [7, 11) is 0. The van der Waals surface area contributed by atoms with Crippen molar-refractivity contribution in [1.29, 1.82) is 5.26 Å². The third kappa shape index (κ3) is 3.74. The fraction of sp³-hybridized carbons (Fsp3) is 0.188. The number of nitrogens with zero attached hydrogens (tertiary/aromatic N) is 2. The first kappa shape index (κ1) is 15.8. The van der Waals surface area contributed by atoms with Crippen LogP contribution in [0.2, 0.25) is 5.02 Å². The van der Waals surface area contributed by atoms with Gasteiger partial charge < -0.3 is 9.47 Å². The van der Waals surface area contributed by atoms with Gasteiger partial charge in [-0.1, -0.05) is 11.6 Å². The summed E-state index contributed by atoms with van der Waals surface area (Å²) >= 11 is 6.08. The first-order valence-electron chi connectivity index (χ1n) is 6.53. The Bertz CT molecular complexity index is 739. The number of nitriles is 1. The van der Waals surface area contributed by atoms with Gasteiger partial charge >= 0.3 is 0 Å². The van der Waals surface area contributed by atoms with Crippen LogP contribution in [0.1, 0.15) is 29.8 Å². The molecule has 0 aliphatic rings. The molecule has 0 radical (unpaired) electrons. The van der Waals surface area contributed by atoms with Crippen LogP contribution in [0.15, 0.2) is 30.5 Å².